The third-order valence-electron chi connectivity index (χ3n) is 4.13. The van der Waals surface area contributed by atoms with Crippen LogP contribution in [0.2, 0.25) is 0 Å². The zero-order chi connectivity index (χ0) is 15.5. The minimum Gasteiger partial charge on any atom is -0.465 e. The number of hydrogen-bond acceptors (Lipinski definition) is 5. The molecule has 22 heavy (non-hydrogen) atoms. The van der Waals surface area contributed by atoms with E-state index in [4.69, 9.17) is 4.74 Å². The zero-order valence-electron chi connectivity index (χ0n) is 12.9. The number of esters is 1. The summed E-state index contributed by atoms with van der Waals surface area (Å²) in [6.07, 6.45) is 5.89. The minimum atomic E-state index is -0.344. The van der Waals surface area contributed by atoms with E-state index in [2.05, 4.69) is 19.9 Å². The Labute approximate surface area is 129 Å². The van der Waals surface area contributed by atoms with Gasteiger partial charge in [-0.2, -0.15) is 0 Å². The van der Waals surface area contributed by atoms with Crippen LogP contribution in [0.1, 0.15) is 40.6 Å². The van der Waals surface area contributed by atoms with E-state index in [1.54, 1.807) is 12.3 Å². The number of imidazole rings is 1. The molecule has 6 nitrogen and oxygen atoms in total. The molecule has 116 valence electrons. The molecular weight excluding hydrogens is 280 g/mol. The Morgan fingerprint density at radius 1 is 1.45 bits per heavy atom. The fraction of sp³-hybridized carbons (Fsp3) is 0.438. The van der Waals surface area contributed by atoms with E-state index in [9.17, 15) is 4.79 Å². The first-order chi connectivity index (χ1) is 10.7. The van der Waals surface area contributed by atoms with Crippen molar-refractivity contribution in [2.24, 2.45) is 0 Å². The van der Waals surface area contributed by atoms with E-state index in [0.29, 0.717) is 17.2 Å². The number of aryl methyl sites for hydroxylation is 1. The quantitative estimate of drug-likeness (QED) is 0.881. The summed E-state index contributed by atoms with van der Waals surface area (Å²) >= 11 is 0. The number of H-pyrrole nitrogens is 1. The van der Waals surface area contributed by atoms with E-state index in [1.807, 2.05) is 19.2 Å². The summed E-state index contributed by atoms with van der Waals surface area (Å²) in [5.74, 6) is 1.99. The van der Waals surface area contributed by atoms with Crippen molar-refractivity contribution in [3.63, 3.8) is 0 Å². The van der Waals surface area contributed by atoms with Gasteiger partial charge >= 0.3 is 5.97 Å². The van der Waals surface area contributed by atoms with Gasteiger partial charge in [0.25, 0.3) is 0 Å². The van der Waals surface area contributed by atoms with Crippen LogP contribution < -0.4 is 4.90 Å². The highest BCUT2D eigenvalue weighted by Crippen LogP contribution is 2.27. The van der Waals surface area contributed by atoms with E-state index in [0.717, 1.165) is 37.6 Å². The van der Waals surface area contributed by atoms with Crippen LogP contribution in [0.4, 0.5) is 5.82 Å². The van der Waals surface area contributed by atoms with Crippen molar-refractivity contribution in [1.29, 1.82) is 0 Å². The molecular formula is C16H20N4O2. The van der Waals surface area contributed by atoms with E-state index in [1.165, 1.54) is 7.11 Å². The molecule has 0 aliphatic carbocycles. The highest BCUT2D eigenvalue weighted by Gasteiger charge is 2.24. The SMILES string of the molecule is COC(=O)c1ccc(N2CCCC(c3ncc[nH]3)C2)nc1C. The third kappa shape index (κ3) is 2.81. The molecule has 0 amide bonds. The van der Waals surface area contributed by atoms with Gasteiger partial charge in [-0.25, -0.2) is 14.8 Å². The first-order valence-electron chi connectivity index (χ1n) is 7.49. The van der Waals surface area contributed by atoms with Crippen molar-refractivity contribution in [3.05, 3.63) is 41.6 Å². The molecule has 0 radical (unpaired) electrons. The lowest BCUT2D eigenvalue weighted by molar-refractivity contribution is 0.0599. The Morgan fingerprint density at radius 3 is 3.00 bits per heavy atom. The number of methoxy groups -OCH3 is 1. The van der Waals surface area contributed by atoms with Crippen LogP contribution in [0, 0.1) is 6.92 Å². The first-order valence-corrected chi connectivity index (χ1v) is 7.49. The number of carbonyl (C=O) groups excluding carboxylic acids is 1. The lowest BCUT2D eigenvalue weighted by Gasteiger charge is -2.33. The summed E-state index contributed by atoms with van der Waals surface area (Å²) in [4.78, 5) is 26.0. The molecule has 0 aromatic carbocycles. The highest BCUT2D eigenvalue weighted by atomic mass is 16.5. The molecule has 0 spiro atoms. The van der Waals surface area contributed by atoms with Crippen LogP contribution >= 0.6 is 0 Å². The van der Waals surface area contributed by atoms with Crippen molar-refractivity contribution in [3.8, 4) is 0 Å². The standard InChI is InChI=1S/C16H20N4O2/c1-11-13(16(21)22-2)5-6-14(19-11)20-9-3-4-12(10-20)15-17-7-8-18-15/h5-8,12H,3-4,9-10H2,1-2H3,(H,17,18). The Morgan fingerprint density at radius 2 is 2.32 bits per heavy atom. The topological polar surface area (TPSA) is 71.1 Å². The monoisotopic (exact) mass is 300 g/mol. The van der Waals surface area contributed by atoms with E-state index in [-0.39, 0.29) is 5.97 Å². The fourth-order valence-electron chi connectivity index (χ4n) is 2.96. The van der Waals surface area contributed by atoms with Gasteiger partial charge in [0.1, 0.15) is 11.6 Å². The van der Waals surface area contributed by atoms with E-state index >= 15 is 0 Å². The maximum atomic E-state index is 11.6. The molecule has 0 saturated carbocycles. The van der Waals surface area contributed by atoms with Gasteiger partial charge in [0.15, 0.2) is 0 Å². The molecule has 3 heterocycles. The van der Waals surface area contributed by atoms with Gasteiger partial charge in [0.05, 0.1) is 18.4 Å². The summed E-state index contributed by atoms with van der Waals surface area (Å²) in [7, 11) is 1.38. The molecule has 1 fully saturated rings. The molecule has 3 rings (SSSR count). The number of nitrogens with zero attached hydrogens (tertiary/aromatic N) is 3. The van der Waals surface area contributed by atoms with Crippen LogP contribution in [0.3, 0.4) is 0 Å². The summed E-state index contributed by atoms with van der Waals surface area (Å²) in [5, 5.41) is 0. The molecule has 6 heteroatoms. The molecule has 1 aliphatic heterocycles. The molecule has 1 aliphatic rings. The second kappa shape index (κ2) is 6.17. The number of piperidine rings is 1. The molecule has 0 bridgehead atoms. The number of rotatable bonds is 3. The van der Waals surface area contributed by atoms with Crippen LogP contribution in [-0.4, -0.2) is 41.1 Å². The maximum absolute atomic E-state index is 11.6. The maximum Gasteiger partial charge on any atom is 0.339 e. The molecule has 1 saturated heterocycles. The Hall–Kier alpha value is -2.37. The number of carbonyl (C=O) groups is 1. The largest absolute Gasteiger partial charge is 0.465 e. The molecule has 2 aromatic heterocycles. The zero-order valence-corrected chi connectivity index (χ0v) is 12.9. The smallest absolute Gasteiger partial charge is 0.339 e. The van der Waals surface area contributed by atoms with Gasteiger partial charge in [-0.15, -0.1) is 0 Å². The van der Waals surface area contributed by atoms with Gasteiger partial charge in [-0.3, -0.25) is 0 Å². The number of hydrogen-bond donors (Lipinski definition) is 1. The predicted molar refractivity (Wildman–Crippen MR) is 83.1 cm³/mol. The number of aromatic amines is 1. The minimum absolute atomic E-state index is 0.344. The summed E-state index contributed by atoms with van der Waals surface area (Å²) in [6, 6.07) is 3.68. The van der Waals surface area contributed by atoms with Gasteiger partial charge in [-0.1, -0.05) is 0 Å². The first kappa shape index (κ1) is 14.6. The van der Waals surface area contributed by atoms with Crippen LogP contribution in [0.5, 0.6) is 0 Å². The van der Waals surface area contributed by atoms with Gasteiger partial charge in [-0.05, 0) is 31.9 Å². The molecule has 1 atom stereocenters. The second-order valence-electron chi connectivity index (χ2n) is 5.55. The van der Waals surface area contributed by atoms with Crippen LogP contribution in [0.15, 0.2) is 24.5 Å². The van der Waals surface area contributed by atoms with Crippen molar-refractivity contribution in [2.75, 3.05) is 25.1 Å². The number of aromatic nitrogens is 3. The summed E-state index contributed by atoms with van der Waals surface area (Å²) < 4.78 is 4.76. The number of pyridine rings is 1. The lowest BCUT2D eigenvalue weighted by Crippen LogP contribution is -2.35. The van der Waals surface area contributed by atoms with Crippen LogP contribution in [-0.2, 0) is 4.74 Å². The predicted octanol–water partition coefficient (Wildman–Crippen LogP) is 2.28. The Bertz CT molecular complexity index is 654. The number of anilines is 1. The average molecular weight is 300 g/mol. The molecule has 1 N–H and O–H groups in total. The van der Waals surface area contributed by atoms with Crippen LogP contribution in [0.25, 0.3) is 0 Å². The number of ether oxygens (including phenoxy) is 1. The fourth-order valence-corrected chi connectivity index (χ4v) is 2.96. The van der Waals surface area contributed by atoms with Gasteiger partial charge in [0, 0.05) is 31.4 Å². The molecule has 2 aromatic rings. The lowest BCUT2D eigenvalue weighted by atomic mass is 9.97. The van der Waals surface area contributed by atoms with E-state index < -0.39 is 0 Å². The Kier molecular flexibility index (Phi) is 4.09. The molecule has 1 unspecified atom stereocenters. The van der Waals surface area contributed by atoms with Gasteiger partial charge < -0.3 is 14.6 Å². The van der Waals surface area contributed by atoms with Crippen molar-refractivity contribution >= 4 is 11.8 Å². The summed E-state index contributed by atoms with van der Waals surface area (Å²) in [6.45, 7) is 3.70. The Balaban J connectivity index is 1.79. The highest BCUT2D eigenvalue weighted by molar-refractivity contribution is 5.90. The number of nitrogens with one attached hydrogen (secondary N) is 1. The summed E-state index contributed by atoms with van der Waals surface area (Å²) in [5.41, 5.74) is 1.22. The average Bonchev–Trinajstić information content (AvgIpc) is 3.09. The van der Waals surface area contributed by atoms with Crippen molar-refractivity contribution in [1.82, 2.24) is 15.0 Å². The second-order valence-corrected chi connectivity index (χ2v) is 5.55. The van der Waals surface area contributed by atoms with Crippen molar-refractivity contribution in [2.45, 2.75) is 25.7 Å². The normalized spacial score (nSPS) is 18.3. The third-order valence-corrected chi connectivity index (χ3v) is 4.13. The van der Waals surface area contributed by atoms with Gasteiger partial charge in [0.2, 0.25) is 0 Å². The van der Waals surface area contributed by atoms with Crippen molar-refractivity contribution < 1.29 is 9.53 Å².